The maximum absolute atomic E-state index is 13.3. The first-order chi connectivity index (χ1) is 14.5. The van der Waals surface area contributed by atoms with Crippen molar-refractivity contribution < 1.29 is 19.1 Å². The smallest absolute Gasteiger partial charge is 0.408 e. The van der Waals surface area contributed by atoms with Crippen LogP contribution in [0.4, 0.5) is 4.79 Å². The van der Waals surface area contributed by atoms with E-state index in [0.717, 1.165) is 42.4 Å². The quantitative estimate of drug-likeness (QED) is 0.718. The van der Waals surface area contributed by atoms with Gasteiger partial charge in [0.15, 0.2) is 0 Å². The molecule has 172 valence electrons. The maximum Gasteiger partial charge on any atom is 0.408 e. The number of carbonyl (C=O) groups is 3. The number of benzene rings is 1. The van der Waals surface area contributed by atoms with Gasteiger partial charge in [-0.25, -0.2) is 4.79 Å². The SMILES string of the molecule is Cc1cccc(C(C(=O)NC2CCCCC2)N(C)C(=O)CNC(=O)OC(C)(C)C)c1C. The topological polar surface area (TPSA) is 87.7 Å². The molecule has 7 heteroatoms. The van der Waals surface area contributed by atoms with Crippen molar-refractivity contribution in [1.29, 1.82) is 0 Å². The van der Waals surface area contributed by atoms with Crippen LogP contribution in [0, 0.1) is 13.8 Å². The number of hydrogen-bond acceptors (Lipinski definition) is 4. The lowest BCUT2D eigenvalue weighted by Crippen LogP contribution is -2.48. The predicted octanol–water partition coefficient (Wildman–Crippen LogP) is 3.78. The van der Waals surface area contributed by atoms with Crippen molar-refractivity contribution in [2.45, 2.75) is 84.4 Å². The van der Waals surface area contributed by atoms with Gasteiger partial charge in [0, 0.05) is 13.1 Å². The average molecular weight is 432 g/mol. The summed E-state index contributed by atoms with van der Waals surface area (Å²) in [5.41, 5.74) is 2.17. The molecule has 0 spiro atoms. The zero-order chi connectivity index (χ0) is 23.2. The van der Waals surface area contributed by atoms with Crippen LogP contribution >= 0.6 is 0 Å². The van der Waals surface area contributed by atoms with E-state index in [1.54, 1.807) is 27.8 Å². The van der Waals surface area contributed by atoms with Crippen molar-refractivity contribution in [2.75, 3.05) is 13.6 Å². The molecule has 2 N–H and O–H groups in total. The minimum Gasteiger partial charge on any atom is -0.444 e. The number of aryl methyl sites for hydroxylation is 1. The molecule has 1 unspecified atom stereocenters. The normalized spacial score (nSPS) is 15.7. The monoisotopic (exact) mass is 431 g/mol. The Kier molecular flexibility index (Phi) is 8.48. The Bertz CT molecular complexity index is 795. The van der Waals surface area contributed by atoms with Crippen LogP contribution in [0.1, 0.15) is 75.6 Å². The molecule has 1 aliphatic carbocycles. The van der Waals surface area contributed by atoms with Gasteiger partial charge in [-0.2, -0.15) is 0 Å². The number of alkyl carbamates (subject to hydrolysis) is 1. The second kappa shape index (κ2) is 10.6. The number of nitrogens with zero attached hydrogens (tertiary/aromatic N) is 1. The van der Waals surface area contributed by atoms with E-state index < -0.39 is 17.7 Å². The van der Waals surface area contributed by atoms with E-state index in [0.29, 0.717) is 0 Å². The number of amides is 3. The lowest BCUT2D eigenvalue weighted by Gasteiger charge is -2.32. The summed E-state index contributed by atoms with van der Waals surface area (Å²) in [7, 11) is 1.60. The van der Waals surface area contributed by atoms with Crippen molar-refractivity contribution in [1.82, 2.24) is 15.5 Å². The fraction of sp³-hybridized carbons (Fsp3) is 0.625. The molecule has 1 atom stereocenters. The predicted molar refractivity (Wildman–Crippen MR) is 121 cm³/mol. The number of carbonyl (C=O) groups excluding carboxylic acids is 3. The molecule has 1 fully saturated rings. The van der Waals surface area contributed by atoms with Gasteiger partial charge >= 0.3 is 6.09 Å². The minimum atomic E-state index is -0.769. The second-order valence-corrected chi connectivity index (χ2v) is 9.40. The summed E-state index contributed by atoms with van der Waals surface area (Å²) in [4.78, 5) is 39.6. The fourth-order valence-corrected chi connectivity index (χ4v) is 3.85. The summed E-state index contributed by atoms with van der Waals surface area (Å²) < 4.78 is 5.20. The first-order valence-electron chi connectivity index (χ1n) is 11.1. The molecule has 0 radical (unpaired) electrons. The van der Waals surface area contributed by atoms with Gasteiger partial charge in [0.1, 0.15) is 18.2 Å². The minimum absolute atomic E-state index is 0.136. The Labute approximate surface area is 185 Å². The summed E-state index contributed by atoms with van der Waals surface area (Å²) in [6.45, 7) is 8.97. The Morgan fingerprint density at radius 3 is 2.39 bits per heavy atom. The highest BCUT2D eigenvalue weighted by atomic mass is 16.6. The van der Waals surface area contributed by atoms with Gasteiger partial charge in [-0.1, -0.05) is 37.5 Å². The molecule has 0 aromatic heterocycles. The highest BCUT2D eigenvalue weighted by Gasteiger charge is 2.32. The molecular weight excluding hydrogens is 394 g/mol. The number of ether oxygens (including phenoxy) is 1. The van der Waals surface area contributed by atoms with Gasteiger partial charge in [-0.15, -0.1) is 0 Å². The summed E-state index contributed by atoms with van der Waals surface area (Å²) in [5.74, 6) is -0.552. The van der Waals surface area contributed by atoms with Crippen molar-refractivity contribution in [3.8, 4) is 0 Å². The molecule has 1 aromatic rings. The van der Waals surface area contributed by atoms with Crippen LogP contribution < -0.4 is 10.6 Å². The van der Waals surface area contributed by atoms with E-state index in [9.17, 15) is 14.4 Å². The molecule has 7 nitrogen and oxygen atoms in total. The Morgan fingerprint density at radius 2 is 1.77 bits per heavy atom. The largest absolute Gasteiger partial charge is 0.444 e. The van der Waals surface area contributed by atoms with Gasteiger partial charge < -0.3 is 20.3 Å². The van der Waals surface area contributed by atoms with Crippen LogP contribution in [-0.2, 0) is 14.3 Å². The summed E-state index contributed by atoms with van der Waals surface area (Å²) in [6, 6.07) is 5.14. The third-order valence-electron chi connectivity index (χ3n) is 5.70. The zero-order valence-corrected chi connectivity index (χ0v) is 19.7. The fourth-order valence-electron chi connectivity index (χ4n) is 3.85. The van der Waals surface area contributed by atoms with Gasteiger partial charge in [0.05, 0.1) is 0 Å². The molecule has 1 saturated carbocycles. The molecule has 2 rings (SSSR count). The van der Waals surface area contributed by atoms with Gasteiger partial charge in [-0.3, -0.25) is 9.59 Å². The molecule has 0 saturated heterocycles. The van der Waals surface area contributed by atoms with Crippen molar-refractivity contribution in [3.63, 3.8) is 0 Å². The van der Waals surface area contributed by atoms with Gasteiger partial charge in [-0.05, 0) is 64.2 Å². The lowest BCUT2D eigenvalue weighted by atomic mass is 9.93. The van der Waals surface area contributed by atoms with Crippen LogP contribution in [0.5, 0.6) is 0 Å². The molecule has 0 aliphatic heterocycles. The van der Waals surface area contributed by atoms with E-state index in [-0.39, 0.29) is 24.4 Å². The molecule has 0 heterocycles. The standard InChI is InChI=1S/C24H37N3O4/c1-16-11-10-14-19(17(16)2)21(22(29)26-18-12-8-7-9-13-18)27(6)20(28)15-25-23(30)31-24(3,4)5/h10-11,14,18,21H,7-9,12-13,15H2,1-6H3,(H,25,30)(H,26,29). The number of hydrogen-bond donors (Lipinski definition) is 2. The summed E-state index contributed by atoms with van der Waals surface area (Å²) in [6.07, 6.45) is 4.67. The van der Waals surface area contributed by atoms with Crippen molar-refractivity contribution in [2.24, 2.45) is 0 Å². The van der Waals surface area contributed by atoms with E-state index >= 15 is 0 Å². The van der Waals surface area contributed by atoms with E-state index in [4.69, 9.17) is 4.74 Å². The molecule has 0 bridgehead atoms. The summed E-state index contributed by atoms with van der Waals surface area (Å²) in [5, 5.41) is 5.64. The average Bonchev–Trinajstić information content (AvgIpc) is 2.69. The van der Waals surface area contributed by atoms with E-state index in [1.807, 2.05) is 32.0 Å². The third-order valence-corrected chi connectivity index (χ3v) is 5.70. The second-order valence-electron chi connectivity index (χ2n) is 9.40. The first kappa shape index (κ1) is 24.7. The number of nitrogens with one attached hydrogen (secondary N) is 2. The Morgan fingerprint density at radius 1 is 1.13 bits per heavy atom. The summed E-state index contributed by atoms with van der Waals surface area (Å²) >= 11 is 0. The number of likely N-dealkylation sites (N-methyl/N-ethyl adjacent to an activating group) is 1. The molecule has 3 amide bonds. The van der Waals surface area contributed by atoms with Crippen molar-refractivity contribution in [3.05, 3.63) is 34.9 Å². The van der Waals surface area contributed by atoms with Crippen LogP contribution in [0.15, 0.2) is 18.2 Å². The number of rotatable bonds is 6. The Balaban J connectivity index is 2.18. The Hall–Kier alpha value is -2.57. The maximum atomic E-state index is 13.3. The lowest BCUT2D eigenvalue weighted by molar-refractivity contribution is -0.139. The molecule has 1 aliphatic rings. The highest BCUT2D eigenvalue weighted by Crippen LogP contribution is 2.27. The third kappa shape index (κ3) is 7.26. The van der Waals surface area contributed by atoms with E-state index in [2.05, 4.69) is 10.6 Å². The van der Waals surface area contributed by atoms with Crippen LogP contribution in [-0.4, -0.2) is 48.0 Å². The molecular formula is C24H37N3O4. The zero-order valence-electron chi connectivity index (χ0n) is 19.7. The van der Waals surface area contributed by atoms with Crippen LogP contribution in [0.2, 0.25) is 0 Å². The molecule has 31 heavy (non-hydrogen) atoms. The molecule has 1 aromatic carbocycles. The van der Waals surface area contributed by atoms with Crippen LogP contribution in [0.3, 0.4) is 0 Å². The first-order valence-corrected chi connectivity index (χ1v) is 11.1. The van der Waals surface area contributed by atoms with Gasteiger partial charge in [0.25, 0.3) is 0 Å². The highest BCUT2D eigenvalue weighted by molar-refractivity contribution is 5.90. The van der Waals surface area contributed by atoms with Crippen LogP contribution in [0.25, 0.3) is 0 Å². The van der Waals surface area contributed by atoms with Gasteiger partial charge in [0.2, 0.25) is 11.8 Å². The van der Waals surface area contributed by atoms with Crippen molar-refractivity contribution >= 4 is 17.9 Å². The van der Waals surface area contributed by atoms with E-state index in [1.165, 1.54) is 11.3 Å².